The van der Waals surface area contributed by atoms with Gasteiger partial charge in [-0.15, -0.1) is 0 Å². The van der Waals surface area contributed by atoms with Gasteiger partial charge in [-0.1, -0.05) is 0 Å². The van der Waals surface area contributed by atoms with Crippen molar-refractivity contribution in [3.63, 3.8) is 0 Å². The van der Waals surface area contributed by atoms with Gasteiger partial charge in [0.1, 0.15) is 28.0 Å². The van der Waals surface area contributed by atoms with Gasteiger partial charge >= 0.3 is 0 Å². The number of hydrogen-bond donors (Lipinski definition) is 0. The van der Waals surface area contributed by atoms with E-state index in [2.05, 4.69) is 4.90 Å². The topological polar surface area (TPSA) is 59.1 Å². The van der Waals surface area contributed by atoms with Crippen LogP contribution in [-0.4, -0.2) is 58.0 Å². The number of rotatable bonds is 6. The first-order chi connectivity index (χ1) is 13.3. The van der Waals surface area contributed by atoms with Crippen molar-refractivity contribution in [2.75, 3.05) is 40.4 Å². The van der Waals surface area contributed by atoms with Gasteiger partial charge in [0.05, 0.1) is 14.2 Å². The summed E-state index contributed by atoms with van der Waals surface area (Å²) in [4.78, 5) is 1.58. The van der Waals surface area contributed by atoms with Crippen molar-refractivity contribution in [2.45, 2.75) is 11.4 Å². The van der Waals surface area contributed by atoms with Crippen LogP contribution < -0.4 is 9.47 Å². The summed E-state index contributed by atoms with van der Waals surface area (Å²) in [6, 6.07) is 8.01. The third-order valence-corrected chi connectivity index (χ3v) is 6.66. The summed E-state index contributed by atoms with van der Waals surface area (Å²) in [6.45, 7) is 1.95. The third kappa shape index (κ3) is 4.26. The summed E-state index contributed by atoms with van der Waals surface area (Å²) in [6.07, 6.45) is 0. The Bertz CT molecular complexity index is 945. The SMILES string of the molecule is COc1ccc(OC)c(CN2CCN(S(=O)(=O)c3ccc(F)cc3F)CC2)c1. The molecule has 0 N–H and O–H groups in total. The van der Waals surface area contributed by atoms with Gasteiger partial charge in [-0.3, -0.25) is 4.90 Å². The summed E-state index contributed by atoms with van der Waals surface area (Å²) >= 11 is 0. The van der Waals surface area contributed by atoms with Gasteiger partial charge in [0, 0.05) is 44.4 Å². The second-order valence-corrected chi connectivity index (χ2v) is 8.34. The van der Waals surface area contributed by atoms with Crippen LogP contribution in [0.4, 0.5) is 8.78 Å². The Morgan fingerprint density at radius 3 is 2.29 bits per heavy atom. The van der Waals surface area contributed by atoms with E-state index in [0.717, 1.165) is 23.4 Å². The van der Waals surface area contributed by atoms with E-state index in [9.17, 15) is 17.2 Å². The van der Waals surface area contributed by atoms with E-state index < -0.39 is 26.6 Å². The molecule has 0 atom stereocenters. The molecule has 2 aromatic rings. The number of benzene rings is 2. The Balaban J connectivity index is 1.69. The molecular weight excluding hydrogens is 390 g/mol. The average molecular weight is 412 g/mol. The minimum atomic E-state index is -4.01. The molecule has 0 aromatic heterocycles. The minimum absolute atomic E-state index is 0.214. The Hall–Kier alpha value is -2.23. The molecule has 0 amide bonds. The zero-order valence-corrected chi connectivity index (χ0v) is 16.5. The highest BCUT2D eigenvalue weighted by Gasteiger charge is 2.31. The zero-order valence-electron chi connectivity index (χ0n) is 15.7. The van der Waals surface area contributed by atoms with Gasteiger partial charge in [0.25, 0.3) is 0 Å². The number of nitrogens with zero attached hydrogens (tertiary/aromatic N) is 2. The highest BCUT2D eigenvalue weighted by molar-refractivity contribution is 7.89. The number of piperazine rings is 1. The minimum Gasteiger partial charge on any atom is -0.497 e. The van der Waals surface area contributed by atoms with Crippen molar-refractivity contribution in [2.24, 2.45) is 0 Å². The van der Waals surface area contributed by atoms with Crippen LogP contribution in [0.5, 0.6) is 11.5 Å². The van der Waals surface area contributed by atoms with E-state index >= 15 is 0 Å². The summed E-state index contributed by atoms with van der Waals surface area (Å²) < 4.78 is 64.2. The molecule has 0 bridgehead atoms. The fraction of sp³-hybridized carbons (Fsp3) is 0.368. The second-order valence-electron chi connectivity index (χ2n) is 6.43. The summed E-state index contributed by atoms with van der Waals surface area (Å²) in [5, 5.41) is 0. The molecule has 1 fully saturated rings. The lowest BCUT2D eigenvalue weighted by Crippen LogP contribution is -2.48. The Kier molecular flexibility index (Phi) is 6.17. The standard InChI is InChI=1S/C19H22F2N2O4S/c1-26-16-4-5-18(27-2)14(11-16)13-22-7-9-23(10-8-22)28(24,25)19-6-3-15(20)12-17(19)21/h3-6,11-12H,7-10,13H2,1-2H3. The summed E-state index contributed by atoms with van der Waals surface area (Å²) in [7, 11) is -0.831. The van der Waals surface area contributed by atoms with Crippen molar-refractivity contribution in [3.8, 4) is 11.5 Å². The molecule has 2 aromatic carbocycles. The quantitative estimate of drug-likeness (QED) is 0.730. The highest BCUT2D eigenvalue weighted by atomic mass is 32.2. The van der Waals surface area contributed by atoms with Crippen molar-refractivity contribution < 1.29 is 26.7 Å². The van der Waals surface area contributed by atoms with E-state index in [1.54, 1.807) is 14.2 Å². The van der Waals surface area contributed by atoms with Crippen molar-refractivity contribution in [1.82, 2.24) is 9.21 Å². The normalized spacial score (nSPS) is 16.1. The smallest absolute Gasteiger partial charge is 0.246 e. The van der Waals surface area contributed by atoms with Crippen LogP contribution in [0.2, 0.25) is 0 Å². The zero-order chi connectivity index (χ0) is 20.3. The molecule has 0 radical (unpaired) electrons. The summed E-state index contributed by atoms with van der Waals surface area (Å²) in [5.74, 6) is -0.454. The monoisotopic (exact) mass is 412 g/mol. The highest BCUT2D eigenvalue weighted by Crippen LogP contribution is 2.26. The molecule has 9 heteroatoms. The van der Waals surface area contributed by atoms with Gasteiger partial charge in [0.15, 0.2) is 0 Å². The first kappa shape index (κ1) is 20.5. The van der Waals surface area contributed by atoms with E-state index in [-0.39, 0.29) is 13.1 Å². The Morgan fingerprint density at radius 2 is 1.68 bits per heavy atom. The molecule has 0 spiro atoms. The van der Waals surface area contributed by atoms with E-state index in [1.807, 2.05) is 18.2 Å². The Labute approximate surface area is 163 Å². The maximum Gasteiger partial charge on any atom is 0.246 e. The molecule has 0 aliphatic carbocycles. The van der Waals surface area contributed by atoms with Crippen LogP contribution in [0.3, 0.4) is 0 Å². The molecule has 152 valence electrons. The predicted molar refractivity (Wildman–Crippen MR) is 99.9 cm³/mol. The van der Waals surface area contributed by atoms with E-state index in [1.165, 1.54) is 4.31 Å². The molecule has 0 unspecified atom stereocenters. The molecule has 1 aliphatic heterocycles. The van der Waals surface area contributed by atoms with Crippen molar-refractivity contribution >= 4 is 10.0 Å². The number of halogens is 2. The largest absolute Gasteiger partial charge is 0.497 e. The van der Waals surface area contributed by atoms with Crippen LogP contribution in [0.15, 0.2) is 41.3 Å². The van der Waals surface area contributed by atoms with Gasteiger partial charge in [-0.2, -0.15) is 4.31 Å². The number of ether oxygens (including phenoxy) is 2. The van der Waals surface area contributed by atoms with Crippen molar-refractivity contribution in [1.29, 1.82) is 0 Å². The Morgan fingerprint density at radius 1 is 0.964 bits per heavy atom. The maximum atomic E-state index is 13.9. The maximum absolute atomic E-state index is 13.9. The van der Waals surface area contributed by atoms with Gasteiger partial charge < -0.3 is 9.47 Å². The average Bonchev–Trinajstić information content (AvgIpc) is 2.68. The molecular formula is C19H22F2N2O4S. The van der Waals surface area contributed by atoms with E-state index in [0.29, 0.717) is 31.5 Å². The fourth-order valence-electron chi connectivity index (χ4n) is 3.20. The lowest BCUT2D eigenvalue weighted by atomic mass is 10.1. The first-order valence-corrected chi connectivity index (χ1v) is 10.2. The van der Waals surface area contributed by atoms with Crippen LogP contribution >= 0.6 is 0 Å². The molecule has 1 heterocycles. The molecule has 1 aliphatic rings. The van der Waals surface area contributed by atoms with Crippen LogP contribution in [0.25, 0.3) is 0 Å². The van der Waals surface area contributed by atoms with Gasteiger partial charge in [-0.05, 0) is 30.3 Å². The molecule has 1 saturated heterocycles. The van der Waals surface area contributed by atoms with Crippen LogP contribution in [0, 0.1) is 11.6 Å². The first-order valence-electron chi connectivity index (χ1n) is 8.73. The molecule has 28 heavy (non-hydrogen) atoms. The van der Waals surface area contributed by atoms with E-state index in [4.69, 9.17) is 9.47 Å². The lowest BCUT2D eigenvalue weighted by molar-refractivity contribution is 0.179. The third-order valence-electron chi connectivity index (χ3n) is 4.72. The molecule has 3 rings (SSSR count). The number of sulfonamides is 1. The van der Waals surface area contributed by atoms with Gasteiger partial charge in [0.2, 0.25) is 10.0 Å². The lowest BCUT2D eigenvalue weighted by Gasteiger charge is -2.34. The molecule has 6 nitrogen and oxygen atoms in total. The van der Waals surface area contributed by atoms with Crippen molar-refractivity contribution in [3.05, 3.63) is 53.6 Å². The second kappa shape index (κ2) is 8.42. The fourth-order valence-corrected chi connectivity index (χ4v) is 4.67. The van der Waals surface area contributed by atoms with Crippen LogP contribution in [-0.2, 0) is 16.6 Å². The predicted octanol–water partition coefficient (Wildman–Crippen LogP) is 2.49. The van der Waals surface area contributed by atoms with Crippen LogP contribution in [0.1, 0.15) is 5.56 Å². The number of hydrogen-bond acceptors (Lipinski definition) is 5. The number of methoxy groups -OCH3 is 2. The van der Waals surface area contributed by atoms with Gasteiger partial charge in [-0.25, -0.2) is 17.2 Å². The molecule has 0 saturated carbocycles. The summed E-state index contributed by atoms with van der Waals surface area (Å²) in [5.41, 5.74) is 0.933.